The second-order valence-corrected chi connectivity index (χ2v) is 6.41. The van der Waals surface area contributed by atoms with Crippen LogP contribution >= 0.6 is 0 Å². The fourth-order valence-corrected chi connectivity index (χ4v) is 3.31. The van der Waals surface area contributed by atoms with Gasteiger partial charge in [0.25, 0.3) is 5.91 Å². The first-order valence-electron chi connectivity index (χ1n) is 8.57. The van der Waals surface area contributed by atoms with Gasteiger partial charge in [0.1, 0.15) is 5.52 Å². The van der Waals surface area contributed by atoms with Crippen molar-refractivity contribution in [1.29, 1.82) is 0 Å². The van der Waals surface area contributed by atoms with Crippen molar-refractivity contribution in [2.75, 3.05) is 13.1 Å². The Labute approximate surface area is 144 Å². The van der Waals surface area contributed by atoms with E-state index >= 15 is 0 Å². The van der Waals surface area contributed by atoms with Crippen LogP contribution in [0.4, 0.5) is 0 Å². The number of likely N-dealkylation sites (tertiary alicyclic amines) is 1. The second kappa shape index (κ2) is 6.27. The van der Waals surface area contributed by atoms with Gasteiger partial charge in [0.2, 0.25) is 5.89 Å². The van der Waals surface area contributed by atoms with Gasteiger partial charge in [-0.05, 0) is 31.0 Å². The van der Waals surface area contributed by atoms with Crippen LogP contribution < -0.4 is 0 Å². The van der Waals surface area contributed by atoms with Gasteiger partial charge < -0.3 is 9.42 Å². The summed E-state index contributed by atoms with van der Waals surface area (Å²) in [6.07, 6.45) is 2.62. The Balaban J connectivity index is 1.54. The number of aryl methyl sites for hydroxylation is 2. The summed E-state index contributed by atoms with van der Waals surface area (Å²) in [5, 5.41) is 12.2. The summed E-state index contributed by atoms with van der Waals surface area (Å²) in [6, 6.07) is 5.52. The standard InChI is InChI=1S/C17H20N6O2/c1-3-15-18-16(20-25-15)12-5-4-8-23(10-12)17(24)11-6-7-14-13(9-11)19-21-22(14)2/h6-7,9,12H,3-5,8,10H2,1-2H3/t12-/m0/s1. The maximum absolute atomic E-state index is 12.9. The van der Waals surface area contributed by atoms with E-state index in [1.807, 2.05) is 31.0 Å². The number of aromatic nitrogens is 5. The molecule has 1 saturated heterocycles. The molecule has 3 heterocycles. The number of amides is 1. The van der Waals surface area contributed by atoms with Crippen molar-refractivity contribution in [3.8, 4) is 0 Å². The lowest BCUT2D eigenvalue weighted by molar-refractivity contribution is 0.0703. The molecule has 1 aliphatic heterocycles. The summed E-state index contributed by atoms with van der Waals surface area (Å²) >= 11 is 0. The van der Waals surface area contributed by atoms with Crippen LogP contribution in [-0.2, 0) is 13.5 Å². The van der Waals surface area contributed by atoms with Crippen LogP contribution in [0.5, 0.6) is 0 Å². The SMILES string of the molecule is CCc1nc([C@H]2CCCN(C(=O)c3ccc4c(c3)nnn4C)C2)no1. The first kappa shape index (κ1) is 15.7. The van der Waals surface area contributed by atoms with Crippen molar-refractivity contribution in [2.24, 2.45) is 7.05 Å². The molecule has 1 aliphatic rings. The average Bonchev–Trinajstić information content (AvgIpc) is 3.28. The molecule has 1 fully saturated rings. The lowest BCUT2D eigenvalue weighted by atomic mass is 9.96. The van der Waals surface area contributed by atoms with Crippen molar-refractivity contribution in [3.63, 3.8) is 0 Å². The van der Waals surface area contributed by atoms with Crippen LogP contribution in [0.3, 0.4) is 0 Å². The quantitative estimate of drug-likeness (QED) is 0.724. The summed E-state index contributed by atoms with van der Waals surface area (Å²) in [5.41, 5.74) is 2.27. The number of hydrogen-bond acceptors (Lipinski definition) is 6. The Morgan fingerprint density at radius 1 is 1.40 bits per heavy atom. The molecule has 2 aromatic heterocycles. The highest BCUT2D eigenvalue weighted by Gasteiger charge is 2.28. The average molecular weight is 340 g/mol. The summed E-state index contributed by atoms with van der Waals surface area (Å²) in [5.74, 6) is 1.49. The number of piperidine rings is 1. The third kappa shape index (κ3) is 2.88. The molecule has 25 heavy (non-hydrogen) atoms. The van der Waals surface area contributed by atoms with Crippen molar-refractivity contribution >= 4 is 16.9 Å². The fourth-order valence-electron chi connectivity index (χ4n) is 3.31. The van der Waals surface area contributed by atoms with E-state index in [2.05, 4.69) is 20.5 Å². The summed E-state index contributed by atoms with van der Waals surface area (Å²) in [6.45, 7) is 3.34. The highest BCUT2D eigenvalue weighted by molar-refractivity contribution is 5.97. The van der Waals surface area contributed by atoms with E-state index in [4.69, 9.17) is 4.52 Å². The number of carbonyl (C=O) groups is 1. The highest BCUT2D eigenvalue weighted by atomic mass is 16.5. The minimum absolute atomic E-state index is 0.0106. The lowest BCUT2D eigenvalue weighted by Gasteiger charge is -2.31. The van der Waals surface area contributed by atoms with Gasteiger partial charge in [-0.2, -0.15) is 4.98 Å². The zero-order chi connectivity index (χ0) is 17.4. The van der Waals surface area contributed by atoms with E-state index in [9.17, 15) is 4.79 Å². The number of rotatable bonds is 3. The molecule has 4 rings (SSSR count). The van der Waals surface area contributed by atoms with Crippen LogP contribution in [-0.4, -0.2) is 49.0 Å². The predicted molar refractivity (Wildman–Crippen MR) is 90.1 cm³/mol. The first-order chi connectivity index (χ1) is 12.2. The number of fused-ring (bicyclic) bond motifs is 1. The van der Waals surface area contributed by atoms with Gasteiger partial charge in [-0.25, -0.2) is 4.68 Å². The molecule has 8 heteroatoms. The molecule has 8 nitrogen and oxygen atoms in total. The number of nitrogens with zero attached hydrogens (tertiary/aromatic N) is 6. The van der Waals surface area contributed by atoms with Crippen molar-refractivity contribution in [2.45, 2.75) is 32.1 Å². The monoisotopic (exact) mass is 340 g/mol. The van der Waals surface area contributed by atoms with Crippen molar-refractivity contribution in [1.82, 2.24) is 30.0 Å². The smallest absolute Gasteiger partial charge is 0.253 e. The van der Waals surface area contributed by atoms with E-state index in [1.165, 1.54) is 0 Å². The minimum Gasteiger partial charge on any atom is -0.339 e. The Hall–Kier alpha value is -2.77. The molecule has 1 aromatic carbocycles. The minimum atomic E-state index is 0.0106. The molecule has 1 amide bonds. The van der Waals surface area contributed by atoms with Gasteiger partial charge in [-0.1, -0.05) is 17.3 Å². The third-order valence-electron chi connectivity index (χ3n) is 4.72. The van der Waals surface area contributed by atoms with E-state index in [0.29, 0.717) is 23.8 Å². The van der Waals surface area contributed by atoms with Crippen LogP contribution in [0.1, 0.15) is 47.8 Å². The van der Waals surface area contributed by atoms with Crippen molar-refractivity contribution < 1.29 is 9.32 Å². The molecule has 3 aromatic rings. The molecular formula is C17H20N6O2. The van der Waals surface area contributed by atoms with Gasteiger partial charge in [0.15, 0.2) is 5.82 Å². The number of benzene rings is 1. The van der Waals surface area contributed by atoms with E-state index in [-0.39, 0.29) is 11.8 Å². The zero-order valence-electron chi connectivity index (χ0n) is 14.3. The molecule has 130 valence electrons. The van der Waals surface area contributed by atoms with Crippen molar-refractivity contribution in [3.05, 3.63) is 35.5 Å². The van der Waals surface area contributed by atoms with E-state index < -0.39 is 0 Å². The molecular weight excluding hydrogens is 320 g/mol. The van der Waals surface area contributed by atoms with Gasteiger partial charge in [-0.3, -0.25) is 4.79 Å². The van der Waals surface area contributed by atoms with E-state index in [1.54, 1.807) is 10.7 Å². The Morgan fingerprint density at radius 2 is 2.28 bits per heavy atom. The van der Waals surface area contributed by atoms with Crippen LogP contribution in [0.2, 0.25) is 0 Å². The summed E-state index contributed by atoms with van der Waals surface area (Å²) < 4.78 is 6.91. The fraction of sp³-hybridized carbons (Fsp3) is 0.471. The Kier molecular flexibility index (Phi) is 3.95. The van der Waals surface area contributed by atoms with Gasteiger partial charge >= 0.3 is 0 Å². The van der Waals surface area contributed by atoms with Gasteiger partial charge in [-0.15, -0.1) is 5.10 Å². The maximum Gasteiger partial charge on any atom is 0.253 e. The molecule has 0 radical (unpaired) electrons. The molecule has 0 aliphatic carbocycles. The molecule has 0 N–H and O–H groups in total. The lowest BCUT2D eigenvalue weighted by Crippen LogP contribution is -2.39. The Bertz CT molecular complexity index is 915. The van der Waals surface area contributed by atoms with Gasteiger partial charge in [0.05, 0.1) is 5.52 Å². The van der Waals surface area contributed by atoms with Crippen LogP contribution in [0.15, 0.2) is 22.7 Å². The van der Waals surface area contributed by atoms with Crippen LogP contribution in [0, 0.1) is 0 Å². The molecule has 1 atom stereocenters. The van der Waals surface area contributed by atoms with Crippen LogP contribution in [0.25, 0.3) is 11.0 Å². The normalized spacial score (nSPS) is 18.0. The number of hydrogen-bond donors (Lipinski definition) is 0. The molecule has 0 bridgehead atoms. The topological polar surface area (TPSA) is 89.9 Å². The Morgan fingerprint density at radius 3 is 3.08 bits per heavy atom. The molecule has 0 spiro atoms. The maximum atomic E-state index is 12.9. The van der Waals surface area contributed by atoms with Gasteiger partial charge in [0, 0.05) is 38.0 Å². The van der Waals surface area contributed by atoms with E-state index in [0.717, 1.165) is 36.8 Å². The number of carbonyl (C=O) groups excluding carboxylic acids is 1. The zero-order valence-corrected chi connectivity index (χ0v) is 14.3. The summed E-state index contributed by atoms with van der Waals surface area (Å²) in [7, 11) is 1.83. The molecule has 0 unspecified atom stereocenters. The second-order valence-electron chi connectivity index (χ2n) is 6.41. The highest BCUT2D eigenvalue weighted by Crippen LogP contribution is 2.26. The summed E-state index contributed by atoms with van der Waals surface area (Å²) in [4.78, 5) is 19.2. The largest absolute Gasteiger partial charge is 0.339 e. The first-order valence-corrected chi connectivity index (χ1v) is 8.57. The molecule has 0 saturated carbocycles. The third-order valence-corrected chi connectivity index (χ3v) is 4.72. The predicted octanol–water partition coefficient (Wildman–Crippen LogP) is 1.93.